The number of carbonyl (C=O) groups excluding carboxylic acids is 2. The van der Waals surface area contributed by atoms with Crippen LogP contribution in [0.4, 0.5) is 5.69 Å². The Morgan fingerprint density at radius 1 is 1.41 bits per heavy atom. The number of nitrogens with zero attached hydrogens (tertiary/aromatic N) is 1. The van der Waals surface area contributed by atoms with Crippen LogP contribution in [0.5, 0.6) is 0 Å². The van der Waals surface area contributed by atoms with Crippen molar-refractivity contribution in [2.24, 2.45) is 7.05 Å². The summed E-state index contributed by atoms with van der Waals surface area (Å²) in [5, 5.41) is 5.48. The van der Waals surface area contributed by atoms with Crippen LogP contribution in [-0.2, 0) is 11.8 Å². The molecule has 0 aliphatic rings. The molecule has 2 rings (SSSR count). The fourth-order valence-electron chi connectivity index (χ4n) is 1.87. The predicted octanol–water partition coefficient (Wildman–Crippen LogP) is 1.80. The van der Waals surface area contributed by atoms with Crippen LogP contribution in [0.25, 0.3) is 0 Å². The lowest BCUT2D eigenvalue weighted by atomic mass is 10.2. The van der Waals surface area contributed by atoms with Gasteiger partial charge >= 0.3 is 5.97 Å². The van der Waals surface area contributed by atoms with Crippen LogP contribution in [0.15, 0.2) is 29.1 Å². The normalized spacial score (nSPS) is 10.3. The molecule has 116 valence electrons. The van der Waals surface area contributed by atoms with Crippen molar-refractivity contribution < 1.29 is 14.3 Å². The van der Waals surface area contributed by atoms with E-state index in [1.807, 2.05) is 0 Å². The summed E-state index contributed by atoms with van der Waals surface area (Å²) in [6.07, 6.45) is 0. The molecular formula is C14H14ClN3O4. The van der Waals surface area contributed by atoms with Crippen molar-refractivity contribution >= 4 is 29.2 Å². The first-order valence-electron chi connectivity index (χ1n) is 6.47. The number of hydrogen-bond acceptors (Lipinski definition) is 4. The van der Waals surface area contributed by atoms with Crippen LogP contribution in [-0.4, -0.2) is 28.3 Å². The van der Waals surface area contributed by atoms with Gasteiger partial charge in [0.2, 0.25) is 0 Å². The van der Waals surface area contributed by atoms with Crippen LogP contribution in [0.2, 0.25) is 5.02 Å². The number of nitrogens with one attached hydrogen (secondary N) is 2. The average molecular weight is 324 g/mol. The average Bonchev–Trinajstić information content (AvgIpc) is 2.75. The van der Waals surface area contributed by atoms with Crippen LogP contribution in [0.3, 0.4) is 0 Å². The van der Waals surface area contributed by atoms with Crippen molar-refractivity contribution in [1.82, 2.24) is 9.78 Å². The molecule has 0 saturated heterocycles. The molecule has 0 aliphatic carbocycles. The molecule has 0 atom stereocenters. The third-order valence-corrected chi connectivity index (χ3v) is 3.07. The number of halogens is 1. The Hall–Kier alpha value is -2.54. The topological polar surface area (TPSA) is 93.2 Å². The molecule has 0 saturated carbocycles. The zero-order valence-electron chi connectivity index (χ0n) is 12.0. The van der Waals surface area contributed by atoms with Crippen LogP contribution < -0.4 is 10.9 Å². The van der Waals surface area contributed by atoms with Crippen LogP contribution >= 0.6 is 11.6 Å². The van der Waals surface area contributed by atoms with Gasteiger partial charge in [0.05, 0.1) is 6.61 Å². The van der Waals surface area contributed by atoms with Crippen molar-refractivity contribution in [2.75, 3.05) is 11.9 Å². The monoisotopic (exact) mass is 323 g/mol. The number of carbonyl (C=O) groups is 2. The van der Waals surface area contributed by atoms with Gasteiger partial charge in [-0.3, -0.25) is 19.4 Å². The smallest absolute Gasteiger partial charge is 0.357 e. The fraction of sp³-hybridized carbons (Fsp3) is 0.214. The summed E-state index contributed by atoms with van der Waals surface area (Å²) in [6, 6.07) is 6.45. The minimum atomic E-state index is -0.767. The van der Waals surface area contributed by atoms with Crippen molar-refractivity contribution in [3.05, 3.63) is 50.9 Å². The molecule has 0 radical (unpaired) electrons. The number of benzene rings is 1. The minimum Gasteiger partial charge on any atom is -0.461 e. The first kappa shape index (κ1) is 15.8. The molecule has 0 fully saturated rings. The molecule has 1 amide bonds. The summed E-state index contributed by atoms with van der Waals surface area (Å²) in [5.74, 6) is -1.48. The highest BCUT2D eigenvalue weighted by Gasteiger charge is 2.25. The van der Waals surface area contributed by atoms with Gasteiger partial charge in [-0.1, -0.05) is 17.7 Å². The summed E-state index contributed by atoms with van der Waals surface area (Å²) < 4.78 is 5.87. The molecule has 7 nitrogen and oxygen atoms in total. The Kier molecular flexibility index (Phi) is 4.67. The number of H-pyrrole nitrogens is 1. The molecule has 0 bridgehead atoms. The third-order valence-electron chi connectivity index (χ3n) is 2.84. The highest BCUT2D eigenvalue weighted by Crippen LogP contribution is 2.16. The van der Waals surface area contributed by atoms with E-state index in [-0.39, 0.29) is 17.9 Å². The SMILES string of the molecule is CCOC(=O)c1[nH]n(C)c(=O)c1C(=O)Nc1cccc(Cl)c1. The van der Waals surface area contributed by atoms with Crippen molar-refractivity contribution in [3.8, 4) is 0 Å². The van der Waals surface area contributed by atoms with E-state index < -0.39 is 17.4 Å². The van der Waals surface area contributed by atoms with E-state index in [1.165, 1.54) is 13.1 Å². The Bertz CT molecular complexity index is 779. The van der Waals surface area contributed by atoms with E-state index in [1.54, 1.807) is 25.1 Å². The number of aromatic nitrogens is 2. The van der Waals surface area contributed by atoms with Gasteiger partial charge in [-0.05, 0) is 25.1 Å². The van der Waals surface area contributed by atoms with Crippen molar-refractivity contribution in [2.45, 2.75) is 6.92 Å². The lowest BCUT2D eigenvalue weighted by molar-refractivity contribution is 0.0515. The van der Waals surface area contributed by atoms with Gasteiger partial charge in [0.15, 0.2) is 5.69 Å². The first-order valence-corrected chi connectivity index (χ1v) is 6.85. The maximum Gasteiger partial charge on any atom is 0.357 e. The number of rotatable bonds is 4. The molecule has 1 aromatic heterocycles. The molecule has 22 heavy (non-hydrogen) atoms. The zero-order chi connectivity index (χ0) is 16.3. The largest absolute Gasteiger partial charge is 0.461 e. The lowest BCUT2D eigenvalue weighted by Crippen LogP contribution is -2.24. The number of ether oxygens (including phenoxy) is 1. The van der Waals surface area contributed by atoms with Crippen molar-refractivity contribution in [3.63, 3.8) is 0 Å². The second-order valence-corrected chi connectivity index (χ2v) is 4.85. The maximum atomic E-state index is 12.3. The number of anilines is 1. The minimum absolute atomic E-state index is 0.130. The molecule has 0 unspecified atom stereocenters. The maximum absolute atomic E-state index is 12.3. The number of hydrogen-bond donors (Lipinski definition) is 2. The standard InChI is InChI=1S/C14H14ClN3O4/c1-3-22-14(21)11-10(13(20)18(2)17-11)12(19)16-9-6-4-5-8(15)7-9/h4-7,17H,3H2,1-2H3,(H,16,19). The molecule has 1 aromatic carbocycles. The molecule has 1 heterocycles. The Labute approximate surface area is 130 Å². The third kappa shape index (κ3) is 3.20. The number of aromatic amines is 1. The number of esters is 1. The highest BCUT2D eigenvalue weighted by molar-refractivity contribution is 6.31. The summed E-state index contributed by atoms with van der Waals surface area (Å²) in [7, 11) is 1.40. The van der Waals surface area contributed by atoms with E-state index in [0.29, 0.717) is 10.7 Å². The molecule has 2 aromatic rings. The summed E-state index contributed by atoms with van der Waals surface area (Å²) in [4.78, 5) is 36.2. The Balaban J connectivity index is 2.37. The molecule has 0 spiro atoms. The second-order valence-electron chi connectivity index (χ2n) is 4.41. The van der Waals surface area contributed by atoms with Gasteiger partial charge in [-0.2, -0.15) is 0 Å². The quantitative estimate of drug-likeness (QED) is 0.839. The summed E-state index contributed by atoms with van der Waals surface area (Å²) in [5.41, 5.74) is -0.701. The summed E-state index contributed by atoms with van der Waals surface area (Å²) >= 11 is 5.84. The lowest BCUT2D eigenvalue weighted by Gasteiger charge is -2.05. The fourth-order valence-corrected chi connectivity index (χ4v) is 2.06. The molecule has 0 aliphatic heterocycles. The van der Waals surface area contributed by atoms with Gasteiger partial charge in [0.1, 0.15) is 5.56 Å². The highest BCUT2D eigenvalue weighted by atomic mass is 35.5. The van der Waals surface area contributed by atoms with E-state index >= 15 is 0 Å². The molecular weight excluding hydrogens is 310 g/mol. The van der Waals surface area contributed by atoms with Gasteiger partial charge < -0.3 is 10.1 Å². The van der Waals surface area contributed by atoms with E-state index in [0.717, 1.165) is 4.68 Å². The summed E-state index contributed by atoms with van der Waals surface area (Å²) in [6.45, 7) is 1.76. The Morgan fingerprint density at radius 2 is 2.14 bits per heavy atom. The van der Waals surface area contributed by atoms with E-state index in [4.69, 9.17) is 16.3 Å². The van der Waals surface area contributed by atoms with E-state index in [2.05, 4.69) is 10.4 Å². The van der Waals surface area contributed by atoms with Crippen LogP contribution in [0, 0.1) is 0 Å². The van der Waals surface area contributed by atoms with Crippen LogP contribution in [0.1, 0.15) is 27.8 Å². The number of amides is 1. The van der Waals surface area contributed by atoms with Gasteiger partial charge in [0, 0.05) is 17.8 Å². The van der Waals surface area contributed by atoms with Gasteiger partial charge in [-0.15, -0.1) is 0 Å². The van der Waals surface area contributed by atoms with E-state index in [9.17, 15) is 14.4 Å². The second kappa shape index (κ2) is 6.48. The number of aryl methyl sites for hydroxylation is 1. The van der Waals surface area contributed by atoms with Crippen molar-refractivity contribution in [1.29, 1.82) is 0 Å². The predicted molar refractivity (Wildman–Crippen MR) is 81.4 cm³/mol. The van der Waals surface area contributed by atoms with Gasteiger partial charge in [0.25, 0.3) is 11.5 Å². The molecule has 2 N–H and O–H groups in total. The zero-order valence-corrected chi connectivity index (χ0v) is 12.7. The van der Waals surface area contributed by atoms with Gasteiger partial charge in [-0.25, -0.2) is 4.79 Å². The first-order chi connectivity index (χ1) is 10.4. The molecule has 8 heteroatoms. The Morgan fingerprint density at radius 3 is 2.77 bits per heavy atom.